The second kappa shape index (κ2) is 6.04. The second-order valence-corrected chi connectivity index (χ2v) is 5.45. The number of hydrogen-bond acceptors (Lipinski definition) is 3. The highest BCUT2D eigenvalue weighted by atomic mass is 16.2. The molecule has 0 aliphatic carbocycles. The molecule has 4 rings (SSSR count). The summed E-state index contributed by atoms with van der Waals surface area (Å²) < 4.78 is 3.20. The fraction of sp³-hybridized carbons (Fsp3) is 0.0526. The average Bonchev–Trinajstić information content (AvgIpc) is 2.93. The van der Waals surface area contributed by atoms with E-state index in [0.29, 0.717) is 12.4 Å². The van der Waals surface area contributed by atoms with Crippen molar-refractivity contribution in [3.8, 4) is 5.82 Å². The van der Waals surface area contributed by atoms with Crippen LogP contribution in [0.4, 0.5) is 0 Å². The van der Waals surface area contributed by atoms with Crippen LogP contribution < -0.4 is 11.1 Å². The first-order valence-corrected chi connectivity index (χ1v) is 7.76. The van der Waals surface area contributed by atoms with Crippen molar-refractivity contribution in [2.45, 2.75) is 6.54 Å². The van der Waals surface area contributed by atoms with E-state index in [1.54, 1.807) is 15.4 Å². The van der Waals surface area contributed by atoms with E-state index in [1.807, 2.05) is 72.8 Å². The molecule has 0 radical (unpaired) electrons. The Bertz CT molecular complexity index is 1020. The summed E-state index contributed by atoms with van der Waals surface area (Å²) in [5.41, 5.74) is 5.81. The number of rotatable bonds is 4. The van der Waals surface area contributed by atoms with Gasteiger partial charge in [0.2, 0.25) is 0 Å². The van der Waals surface area contributed by atoms with Crippen LogP contribution >= 0.6 is 0 Å². The molecule has 0 aliphatic heterocycles. The first kappa shape index (κ1) is 14.3. The van der Waals surface area contributed by atoms with E-state index in [0.717, 1.165) is 16.6 Å². The molecule has 0 amide bonds. The average molecular weight is 316 g/mol. The summed E-state index contributed by atoms with van der Waals surface area (Å²) >= 11 is 0. The molecule has 0 saturated heterocycles. The third-order valence-electron chi connectivity index (χ3n) is 3.91. The SMILES string of the molecule is O=c1n(NCc2ccccc2)c2ccccc2n1-c1ccccn1. The van der Waals surface area contributed by atoms with Crippen LogP contribution in [0.2, 0.25) is 0 Å². The molecule has 5 nitrogen and oxygen atoms in total. The standard InChI is InChI=1S/C19H16N4O/c24-19-22(18-12-6-7-13-20-18)16-10-4-5-11-17(16)23(19)21-14-15-8-2-1-3-9-15/h1-13,21H,14H2. The molecule has 0 saturated carbocycles. The summed E-state index contributed by atoms with van der Waals surface area (Å²) in [5.74, 6) is 0.610. The molecule has 0 bridgehead atoms. The fourth-order valence-electron chi connectivity index (χ4n) is 2.77. The van der Waals surface area contributed by atoms with Gasteiger partial charge >= 0.3 is 5.69 Å². The third-order valence-corrected chi connectivity index (χ3v) is 3.91. The van der Waals surface area contributed by atoms with Crippen molar-refractivity contribution in [2.75, 3.05) is 5.43 Å². The molecule has 2 heterocycles. The van der Waals surface area contributed by atoms with E-state index in [2.05, 4.69) is 10.4 Å². The van der Waals surface area contributed by atoms with Crippen LogP contribution in [0.15, 0.2) is 83.8 Å². The van der Waals surface area contributed by atoms with E-state index in [4.69, 9.17) is 0 Å². The molecule has 5 heteroatoms. The highest BCUT2D eigenvalue weighted by Gasteiger charge is 2.14. The number of hydrogen-bond donors (Lipinski definition) is 1. The van der Waals surface area contributed by atoms with Gasteiger partial charge in [0, 0.05) is 6.20 Å². The van der Waals surface area contributed by atoms with Crippen molar-refractivity contribution >= 4 is 11.0 Å². The maximum absolute atomic E-state index is 12.9. The van der Waals surface area contributed by atoms with Gasteiger partial charge in [-0.15, -0.1) is 0 Å². The first-order valence-electron chi connectivity index (χ1n) is 7.76. The maximum atomic E-state index is 12.9. The first-order chi connectivity index (χ1) is 11.8. The van der Waals surface area contributed by atoms with E-state index in [1.165, 1.54) is 0 Å². The highest BCUT2D eigenvalue weighted by Crippen LogP contribution is 2.15. The molecule has 0 aliphatic rings. The minimum absolute atomic E-state index is 0.161. The van der Waals surface area contributed by atoms with E-state index < -0.39 is 0 Å². The molecule has 4 aromatic rings. The van der Waals surface area contributed by atoms with Crippen molar-refractivity contribution in [1.29, 1.82) is 0 Å². The highest BCUT2D eigenvalue weighted by molar-refractivity contribution is 5.78. The summed E-state index contributed by atoms with van der Waals surface area (Å²) in [6, 6.07) is 23.2. The molecule has 118 valence electrons. The molecule has 0 spiro atoms. The predicted octanol–water partition coefficient (Wildman–Crippen LogP) is 2.93. The third kappa shape index (κ3) is 2.46. The van der Waals surface area contributed by atoms with Crippen LogP contribution in [-0.2, 0) is 6.54 Å². The number of imidazole rings is 1. The lowest BCUT2D eigenvalue weighted by Crippen LogP contribution is -2.30. The summed E-state index contributed by atoms with van der Waals surface area (Å²) in [7, 11) is 0. The van der Waals surface area contributed by atoms with Crippen LogP contribution in [0.25, 0.3) is 16.9 Å². The van der Waals surface area contributed by atoms with Crippen LogP contribution in [0.3, 0.4) is 0 Å². The van der Waals surface area contributed by atoms with Crippen LogP contribution in [0, 0.1) is 0 Å². The molecule has 24 heavy (non-hydrogen) atoms. The Balaban J connectivity index is 1.82. The number of fused-ring (bicyclic) bond motifs is 1. The zero-order valence-electron chi connectivity index (χ0n) is 13.0. The van der Waals surface area contributed by atoms with Gasteiger partial charge in [-0.3, -0.25) is 0 Å². The smallest absolute Gasteiger partial charge is 0.317 e. The molecule has 2 aromatic heterocycles. The van der Waals surface area contributed by atoms with Crippen molar-refractivity contribution in [3.63, 3.8) is 0 Å². The Hall–Kier alpha value is -3.34. The van der Waals surface area contributed by atoms with Crippen molar-refractivity contribution in [3.05, 3.63) is 95.0 Å². The monoisotopic (exact) mass is 316 g/mol. The molecule has 1 N–H and O–H groups in total. The zero-order chi connectivity index (χ0) is 16.4. The van der Waals surface area contributed by atoms with Crippen LogP contribution in [0.5, 0.6) is 0 Å². The Kier molecular flexibility index (Phi) is 3.59. The van der Waals surface area contributed by atoms with Gasteiger partial charge in [-0.1, -0.05) is 48.5 Å². The normalized spacial score (nSPS) is 10.8. The quantitative estimate of drug-likeness (QED) is 0.630. The molecule has 2 aromatic carbocycles. The minimum atomic E-state index is -0.161. The Morgan fingerprint density at radius 2 is 1.54 bits per heavy atom. The number of pyridine rings is 1. The van der Waals surface area contributed by atoms with Crippen LogP contribution in [-0.4, -0.2) is 14.2 Å². The van der Waals surface area contributed by atoms with E-state index in [-0.39, 0.29) is 5.69 Å². The van der Waals surface area contributed by atoms with Crippen molar-refractivity contribution < 1.29 is 0 Å². The summed E-state index contributed by atoms with van der Waals surface area (Å²) in [6.07, 6.45) is 1.69. The van der Waals surface area contributed by atoms with Gasteiger partial charge in [0.05, 0.1) is 17.6 Å². The number of nitrogens with zero attached hydrogens (tertiary/aromatic N) is 3. The maximum Gasteiger partial charge on any atom is 0.353 e. The minimum Gasteiger partial charge on any atom is -0.317 e. The Morgan fingerprint density at radius 3 is 2.29 bits per heavy atom. The van der Waals surface area contributed by atoms with Gasteiger partial charge in [-0.05, 0) is 29.8 Å². The lowest BCUT2D eigenvalue weighted by atomic mass is 10.2. The molecule has 0 unspecified atom stereocenters. The van der Waals surface area contributed by atoms with E-state index >= 15 is 0 Å². The molecule has 0 atom stereocenters. The van der Waals surface area contributed by atoms with Gasteiger partial charge in [0.15, 0.2) is 0 Å². The Morgan fingerprint density at radius 1 is 0.833 bits per heavy atom. The van der Waals surface area contributed by atoms with Gasteiger partial charge in [0.25, 0.3) is 0 Å². The number of nitrogens with one attached hydrogen (secondary N) is 1. The molecule has 0 fully saturated rings. The van der Waals surface area contributed by atoms with Gasteiger partial charge in [0.1, 0.15) is 5.82 Å². The second-order valence-electron chi connectivity index (χ2n) is 5.45. The van der Waals surface area contributed by atoms with Gasteiger partial charge < -0.3 is 5.43 Å². The predicted molar refractivity (Wildman–Crippen MR) is 94.8 cm³/mol. The lowest BCUT2D eigenvalue weighted by Gasteiger charge is -2.07. The van der Waals surface area contributed by atoms with Gasteiger partial charge in [-0.2, -0.15) is 0 Å². The largest absolute Gasteiger partial charge is 0.353 e. The molecular weight excluding hydrogens is 300 g/mol. The topological polar surface area (TPSA) is 51.9 Å². The number of para-hydroxylation sites is 2. The zero-order valence-corrected chi connectivity index (χ0v) is 13.0. The molecular formula is C19H16N4O. The van der Waals surface area contributed by atoms with Gasteiger partial charge in [-0.25, -0.2) is 19.0 Å². The number of aromatic nitrogens is 3. The van der Waals surface area contributed by atoms with Crippen molar-refractivity contribution in [1.82, 2.24) is 14.2 Å². The van der Waals surface area contributed by atoms with E-state index in [9.17, 15) is 4.79 Å². The van der Waals surface area contributed by atoms with Crippen molar-refractivity contribution in [2.24, 2.45) is 0 Å². The summed E-state index contributed by atoms with van der Waals surface area (Å²) in [6.45, 7) is 0.566. The Labute approximate surface area is 138 Å². The summed E-state index contributed by atoms with van der Waals surface area (Å²) in [4.78, 5) is 17.2. The summed E-state index contributed by atoms with van der Waals surface area (Å²) in [5, 5.41) is 0. The lowest BCUT2D eigenvalue weighted by molar-refractivity contribution is 0.794. The number of benzene rings is 2. The fourth-order valence-corrected chi connectivity index (χ4v) is 2.77. The van der Waals surface area contributed by atoms with Crippen LogP contribution in [0.1, 0.15) is 5.56 Å².